The molecule has 0 bridgehead atoms. The Hall–Kier alpha value is -2.37. The van der Waals surface area contributed by atoms with E-state index in [-0.39, 0.29) is 5.92 Å². The van der Waals surface area contributed by atoms with Crippen LogP contribution in [0.4, 0.5) is 0 Å². The van der Waals surface area contributed by atoms with Gasteiger partial charge in [0.2, 0.25) is 11.7 Å². The van der Waals surface area contributed by atoms with Gasteiger partial charge in [-0.25, -0.2) is 0 Å². The van der Waals surface area contributed by atoms with Crippen molar-refractivity contribution in [1.82, 2.24) is 15.5 Å². The number of rotatable bonds is 5. The summed E-state index contributed by atoms with van der Waals surface area (Å²) in [6, 6.07) is 10.3. The lowest BCUT2D eigenvalue weighted by atomic mass is 10.2. The average Bonchev–Trinajstić information content (AvgIpc) is 3.18. The second kappa shape index (κ2) is 5.95. The van der Waals surface area contributed by atoms with Crippen molar-refractivity contribution in [2.45, 2.75) is 31.7 Å². The molecule has 0 saturated heterocycles. The molecule has 1 aliphatic carbocycles. The summed E-state index contributed by atoms with van der Waals surface area (Å²) in [6.45, 7) is 2.53. The highest BCUT2D eigenvalue weighted by molar-refractivity contribution is 5.78. The third-order valence-electron chi connectivity index (χ3n) is 3.36. The zero-order chi connectivity index (χ0) is 14.7. The largest absolute Gasteiger partial charge is 0.370 e. The molecule has 1 atom stereocenters. The van der Waals surface area contributed by atoms with Crippen molar-refractivity contribution >= 4 is 5.96 Å². The lowest BCUT2D eigenvalue weighted by Crippen LogP contribution is -2.33. The van der Waals surface area contributed by atoms with Gasteiger partial charge in [-0.2, -0.15) is 4.98 Å². The molecule has 1 aliphatic rings. The minimum Gasteiger partial charge on any atom is -0.370 e. The van der Waals surface area contributed by atoms with Crippen LogP contribution in [0.25, 0.3) is 11.4 Å². The predicted molar refractivity (Wildman–Crippen MR) is 80.8 cm³/mol. The van der Waals surface area contributed by atoms with E-state index in [0.717, 1.165) is 5.56 Å². The first-order chi connectivity index (χ1) is 10.2. The molecule has 1 heterocycles. The maximum Gasteiger partial charge on any atom is 0.231 e. The zero-order valence-electron chi connectivity index (χ0n) is 12.0. The second-order valence-electron chi connectivity index (χ2n) is 5.37. The summed E-state index contributed by atoms with van der Waals surface area (Å²) in [5.41, 5.74) is 6.75. The molecule has 2 aromatic rings. The van der Waals surface area contributed by atoms with Crippen LogP contribution in [0.2, 0.25) is 0 Å². The topological polar surface area (TPSA) is 89.3 Å². The lowest BCUT2D eigenvalue weighted by molar-refractivity contribution is 0.361. The minimum absolute atomic E-state index is 0.0366. The molecular weight excluding hydrogens is 266 g/mol. The Morgan fingerprint density at radius 3 is 2.90 bits per heavy atom. The van der Waals surface area contributed by atoms with Crippen LogP contribution in [0.5, 0.6) is 0 Å². The van der Waals surface area contributed by atoms with Gasteiger partial charge in [0.05, 0.1) is 12.5 Å². The summed E-state index contributed by atoms with van der Waals surface area (Å²) < 4.78 is 5.31. The SMILES string of the molecule is CC(CN=C(N)NC1CC1)c1nc(-c2ccccc2)no1. The van der Waals surface area contributed by atoms with Crippen LogP contribution in [0.3, 0.4) is 0 Å². The Morgan fingerprint density at radius 2 is 2.19 bits per heavy atom. The summed E-state index contributed by atoms with van der Waals surface area (Å²) >= 11 is 0. The molecule has 6 heteroatoms. The fourth-order valence-electron chi connectivity index (χ4n) is 1.94. The van der Waals surface area contributed by atoms with Crippen LogP contribution in [0.15, 0.2) is 39.8 Å². The third-order valence-corrected chi connectivity index (χ3v) is 3.36. The van der Waals surface area contributed by atoms with Gasteiger partial charge >= 0.3 is 0 Å². The van der Waals surface area contributed by atoms with Gasteiger partial charge in [0.15, 0.2) is 5.96 Å². The van der Waals surface area contributed by atoms with Crippen molar-refractivity contribution in [3.63, 3.8) is 0 Å². The molecule has 6 nitrogen and oxygen atoms in total. The van der Waals surface area contributed by atoms with Gasteiger partial charge in [0.25, 0.3) is 0 Å². The van der Waals surface area contributed by atoms with Crippen LogP contribution >= 0.6 is 0 Å². The van der Waals surface area contributed by atoms with E-state index in [0.29, 0.717) is 30.3 Å². The first-order valence-corrected chi connectivity index (χ1v) is 7.18. The van der Waals surface area contributed by atoms with Gasteiger partial charge in [-0.15, -0.1) is 0 Å². The molecule has 0 amide bonds. The Labute approximate surface area is 123 Å². The summed E-state index contributed by atoms with van der Waals surface area (Å²) in [5, 5.41) is 7.16. The van der Waals surface area contributed by atoms with Crippen molar-refractivity contribution in [1.29, 1.82) is 0 Å². The van der Waals surface area contributed by atoms with Crippen molar-refractivity contribution in [2.75, 3.05) is 6.54 Å². The van der Waals surface area contributed by atoms with Crippen LogP contribution in [-0.2, 0) is 0 Å². The van der Waals surface area contributed by atoms with Gasteiger partial charge < -0.3 is 15.6 Å². The third kappa shape index (κ3) is 3.59. The van der Waals surface area contributed by atoms with E-state index in [1.165, 1.54) is 12.8 Å². The Bertz CT molecular complexity index is 618. The normalized spacial score (nSPS) is 16.7. The summed E-state index contributed by atoms with van der Waals surface area (Å²) in [6.07, 6.45) is 2.35. The van der Waals surface area contributed by atoms with Crippen LogP contribution < -0.4 is 11.1 Å². The molecule has 0 spiro atoms. The quantitative estimate of drug-likeness (QED) is 0.647. The molecule has 3 rings (SSSR count). The van der Waals surface area contributed by atoms with E-state index in [1.807, 2.05) is 37.3 Å². The maximum absolute atomic E-state index is 5.81. The van der Waals surface area contributed by atoms with Crippen LogP contribution in [-0.4, -0.2) is 28.7 Å². The summed E-state index contributed by atoms with van der Waals surface area (Å²) in [7, 11) is 0. The molecule has 1 aromatic carbocycles. The number of benzene rings is 1. The van der Waals surface area contributed by atoms with Gasteiger partial charge in [0.1, 0.15) is 0 Å². The fourth-order valence-corrected chi connectivity index (χ4v) is 1.94. The average molecular weight is 285 g/mol. The van der Waals surface area contributed by atoms with Gasteiger partial charge in [-0.3, -0.25) is 4.99 Å². The molecule has 1 aromatic heterocycles. The molecule has 1 saturated carbocycles. The van der Waals surface area contributed by atoms with E-state index in [1.54, 1.807) is 0 Å². The smallest absolute Gasteiger partial charge is 0.231 e. The highest BCUT2D eigenvalue weighted by Gasteiger charge is 2.21. The first-order valence-electron chi connectivity index (χ1n) is 7.18. The molecule has 0 radical (unpaired) electrons. The number of hydrogen-bond acceptors (Lipinski definition) is 4. The first kappa shape index (κ1) is 13.6. The van der Waals surface area contributed by atoms with E-state index in [9.17, 15) is 0 Å². The van der Waals surface area contributed by atoms with Crippen molar-refractivity contribution in [3.8, 4) is 11.4 Å². The summed E-state index contributed by atoms with van der Waals surface area (Å²) in [4.78, 5) is 8.74. The minimum atomic E-state index is 0.0366. The van der Waals surface area contributed by atoms with Gasteiger partial charge in [-0.1, -0.05) is 42.4 Å². The van der Waals surface area contributed by atoms with Crippen LogP contribution in [0.1, 0.15) is 31.6 Å². The number of guanidine groups is 1. The highest BCUT2D eigenvalue weighted by Crippen LogP contribution is 2.20. The van der Waals surface area contributed by atoms with Gasteiger partial charge in [0, 0.05) is 11.6 Å². The highest BCUT2D eigenvalue weighted by atomic mass is 16.5. The summed E-state index contributed by atoms with van der Waals surface area (Å²) in [5.74, 6) is 1.71. The van der Waals surface area contributed by atoms with E-state index in [2.05, 4.69) is 20.4 Å². The maximum atomic E-state index is 5.81. The monoisotopic (exact) mass is 285 g/mol. The number of aromatic nitrogens is 2. The zero-order valence-corrected chi connectivity index (χ0v) is 12.0. The van der Waals surface area contributed by atoms with E-state index < -0.39 is 0 Å². The van der Waals surface area contributed by atoms with E-state index >= 15 is 0 Å². The lowest BCUT2D eigenvalue weighted by Gasteiger charge is -2.05. The molecule has 21 heavy (non-hydrogen) atoms. The molecule has 0 aliphatic heterocycles. The molecule has 1 unspecified atom stereocenters. The number of hydrogen-bond donors (Lipinski definition) is 2. The Morgan fingerprint density at radius 1 is 1.43 bits per heavy atom. The van der Waals surface area contributed by atoms with Crippen molar-refractivity contribution < 1.29 is 4.52 Å². The standard InChI is InChI=1S/C15H19N5O/c1-10(9-17-15(16)18-12-7-8-12)14-19-13(20-21-14)11-5-3-2-4-6-11/h2-6,10,12H,7-9H2,1H3,(H3,16,17,18). The fraction of sp³-hybridized carbons (Fsp3) is 0.400. The van der Waals surface area contributed by atoms with Crippen LogP contribution in [0, 0.1) is 0 Å². The van der Waals surface area contributed by atoms with Gasteiger partial charge in [-0.05, 0) is 12.8 Å². The molecular formula is C15H19N5O. The molecule has 3 N–H and O–H groups in total. The number of aliphatic imine (C=N–C) groups is 1. The number of nitrogens with two attached hydrogens (primary N) is 1. The second-order valence-corrected chi connectivity index (χ2v) is 5.37. The number of nitrogens with zero attached hydrogens (tertiary/aromatic N) is 3. The number of nitrogens with one attached hydrogen (secondary N) is 1. The van der Waals surface area contributed by atoms with E-state index in [4.69, 9.17) is 10.3 Å². The van der Waals surface area contributed by atoms with Crippen molar-refractivity contribution in [3.05, 3.63) is 36.2 Å². The Balaban J connectivity index is 1.62. The molecule has 110 valence electrons. The Kier molecular flexibility index (Phi) is 3.85. The van der Waals surface area contributed by atoms with Crippen molar-refractivity contribution in [2.24, 2.45) is 10.7 Å². The predicted octanol–water partition coefficient (Wildman–Crippen LogP) is 1.91. The molecule has 1 fully saturated rings.